The first-order valence-electron chi connectivity index (χ1n) is 9.07. The van der Waals surface area contributed by atoms with Crippen LogP contribution in [0.4, 0.5) is 4.39 Å². The average molecular weight is 356 g/mol. The Balaban J connectivity index is 1.53. The second-order valence-corrected chi connectivity index (χ2v) is 6.84. The highest BCUT2D eigenvalue weighted by Crippen LogP contribution is 2.12. The van der Waals surface area contributed by atoms with E-state index in [1.807, 2.05) is 24.3 Å². The molecule has 5 heteroatoms. The molecular weight excluding hydrogens is 331 g/mol. The summed E-state index contributed by atoms with van der Waals surface area (Å²) in [5, 5.41) is 10.3. The summed E-state index contributed by atoms with van der Waals surface area (Å²) < 4.78 is 13.2. The lowest BCUT2D eigenvalue weighted by atomic mass is 10.1. The molecule has 0 aliphatic carbocycles. The highest BCUT2D eigenvalue weighted by Gasteiger charge is 2.24. The van der Waals surface area contributed by atoms with Crippen LogP contribution in [0, 0.1) is 5.82 Å². The van der Waals surface area contributed by atoms with Gasteiger partial charge in [-0.2, -0.15) is 0 Å². The molecule has 0 saturated carbocycles. The van der Waals surface area contributed by atoms with Gasteiger partial charge in [0.05, 0.1) is 6.10 Å². The van der Waals surface area contributed by atoms with Crippen LogP contribution in [0.1, 0.15) is 17.5 Å². The van der Waals surface area contributed by atoms with Gasteiger partial charge in [0.15, 0.2) is 0 Å². The predicted molar refractivity (Wildman–Crippen MR) is 99.0 cm³/mol. The van der Waals surface area contributed by atoms with E-state index in [2.05, 4.69) is 17.0 Å². The third-order valence-electron chi connectivity index (χ3n) is 4.70. The Morgan fingerprint density at radius 2 is 1.81 bits per heavy atom. The number of halogens is 1. The summed E-state index contributed by atoms with van der Waals surface area (Å²) >= 11 is 0. The van der Waals surface area contributed by atoms with Crippen LogP contribution < -0.4 is 0 Å². The quantitative estimate of drug-likeness (QED) is 0.895. The maximum atomic E-state index is 13.2. The molecule has 1 aliphatic rings. The largest absolute Gasteiger partial charge is 0.390 e. The Bertz CT molecular complexity index is 723. The van der Waals surface area contributed by atoms with Gasteiger partial charge in [0.25, 0.3) is 0 Å². The van der Waals surface area contributed by atoms with Gasteiger partial charge in [0.1, 0.15) is 5.82 Å². The summed E-state index contributed by atoms with van der Waals surface area (Å²) in [6.07, 6.45) is 0.283. The first-order chi connectivity index (χ1) is 12.6. The van der Waals surface area contributed by atoms with Gasteiger partial charge in [0.2, 0.25) is 5.91 Å². The number of aliphatic hydroxyl groups excluding tert-OH is 1. The molecule has 1 saturated heterocycles. The molecule has 1 heterocycles. The van der Waals surface area contributed by atoms with Crippen molar-refractivity contribution >= 4 is 5.91 Å². The van der Waals surface area contributed by atoms with E-state index in [0.29, 0.717) is 32.5 Å². The monoisotopic (exact) mass is 356 g/mol. The topological polar surface area (TPSA) is 43.8 Å². The van der Waals surface area contributed by atoms with E-state index in [9.17, 15) is 14.3 Å². The number of aliphatic hydroxyl groups is 1. The first-order valence-corrected chi connectivity index (χ1v) is 9.07. The minimum atomic E-state index is -0.556. The molecule has 0 radical (unpaired) electrons. The van der Waals surface area contributed by atoms with E-state index in [0.717, 1.165) is 18.7 Å². The van der Waals surface area contributed by atoms with Gasteiger partial charge in [-0.25, -0.2) is 4.39 Å². The Morgan fingerprint density at radius 3 is 2.58 bits per heavy atom. The summed E-state index contributed by atoms with van der Waals surface area (Å²) in [4.78, 5) is 16.4. The molecule has 1 aliphatic heterocycles. The number of rotatable bonds is 5. The van der Waals surface area contributed by atoms with Crippen molar-refractivity contribution in [1.82, 2.24) is 9.80 Å². The van der Waals surface area contributed by atoms with Crippen molar-refractivity contribution in [3.8, 4) is 0 Å². The van der Waals surface area contributed by atoms with Gasteiger partial charge >= 0.3 is 0 Å². The lowest BCUT2D eigenvalue weighted by Gasteiger charge is -2.22. The fraction of sp³-hybridized carbons (Fsp3) is 0.381. The summed E-state index contributed by atoms with van der Waals surface area (Å²) in [5.41, 5.74) is 2.02. The smallest absolute Gasteiger partial charge is 0.223 e. The number of amides is 1. The molecule has 0 spiro atoms. The lowest BCUT2D eigenvalue weighted by molar-refractivity contribution is -0.132. The number of nitrogens with zero attached hydrogens (tertiary/aromatic N) is 2. The zero-order valence-corrected chi connectivity index (χ0v) is 14.9. The Labute approximate surface area is 153 Å². The number of β-amino-alcohol motifs (C(OH)–C–C–N with tert-alkyl or cyclic N) is 1. The minimum Gasteiger partial charge on any atom is -0.390 e. The molecule has 26 heavy (non-hydrogen) atoms. The second-order valence-electron chi connectivity index (χ2n) is 6.84. The van der Waals surface area contributed by atoms with Crippen LogP contribution in [0.5, 0.6) is 0 Å². The van der Waals surface area contributed by atoms with E-state index >= 15 is 0 Å². The molecule has 0 unspecified atom stereocenters. The molecule has 0 bridgehead atoms. The van der Waals surface area contributed by atoms with E-state index in [-0.39, 0.29) is 11.7 Å². The molecule has 4 nitrogen and oxygen atoms in total. The summed E-state index contributed by atoms with van der Waals surface area (Å²) in [7, 11) is 0. The number of aryl methyl sites for hydroxylation is 1. The number of hydrogen-bond acceptors (Lipinski definition) is 3. The van der Waals surface area contributed by atoms with Gasteiger partial charge in [-0.3, -0.25) is 9.69 Å². The molecule has 1 N–H and O–H groups in total. The highest BCUT2D eigenvalue weighted by molar-refractivity contribution is 5.76. The lowest BCUT2D eigenvalue weighted by Crippen LogP contribution is -2.37. The normalized spacial score (nSPS) is 18.5. The number of benzene rings is 2. The predicted octanol–water partition coefficient (Wildman–Crippen LogP) is 2.46. The van der Waals surface area contributed by atoms with Crippen LogP contribution in [0.2, 0.25) is 0 Å². The van der Waals surface area contributed by atoms with Gasteiger partial charge in [-0.05, 0) is 29.7 Å². The third kappa shape index (κ3) is 5.38. The van der Waals surface area contributed by atoms with Gasteiger partial charge in [0, 0.05) is 39.1 Å². The van der Waals surface area contributed by atoms with Crippen molar-refractivity contribution in [3.63, 3.8) is 0 Å². The summed E-state index contributed by atoms with van der Waals surface area (Å²) in [6, 6.07) is 16.5. The van der Waals surface area contributed by atoms with E-state index in [1.54, 1.807) is 11.0 Å². The van der Waals surface area contributed by atoms with Crippen molar-refractivity contribution < 1.29 is 14.3 Å². The van der Waals surface area contributed by atoms with Crippen LogP contribution >= 0.6 is 0 Å². The number of hydrogen-bond donors (Lipinski definition) is 1. The van der Waals surface area contributed by atoms with Crippen molar-refractivity contribution in [3.05, 3.63) is 71.5 Å². The van der Waals surface area contributed by atoms with Crippen molar-refractivity contribution in [2.75, 3.05) is 26.2 Å². The molecular formula is C21H25FN2O2. The van der Waals surface area contributed by atoms with Crippen LogP contribution in [-0.2, 0) is 17.8 Å². The minimum absolute atomic E-state index is 0.00914. The molecule has 2 aromatic rings. The first kappa shape index (κ1) is 18.5. The molecule has 1 amide bonds. The fourth-order valence-corrected chi connectivity index (χ4v) is 3.37. The van der Waals surface area contributed by atoms with Crippen LogP contribution in [-0.4, -0.2) is 53.1 Å². The van der Waals surface area contributed by atoms with E-state index in [4.69, 9.17) is 0 Å². The number of carbonyl (C=O) groups excluding carboxylic acids is 1. The van der Waals surface area contributed by atoms with Crippen molar-refractivity contribution in [2.45, 2.75) is 25.5 Å². The molecule has 1 fully saturated rings. The van der Waals surface area contributed by atoms with E-state index in [1.165, 1.54) is 17.7 Å². The van der Waals surface area contributed by atoms with Crippen LogP contribution in [0.25, 0.3) is 0 Å². The Kier molecular flexibility index (Phi) is 6.36. The Morgan fingerprint density at radius 1 is 1.04 bits per heavy atom. The standard InChI is InChI=1S/C21H25FN2O2/c22-19-8-4-7-17(13-19)9-10-21(26)24-12-11-23(15-20(25)16-24)14-18-5-2-1-3-6-18/h1-8,13,20,25H,9-12,14-16H2/t20-/m0/s1. The van der Waals surface area contributed by atoms with Crippen LogP contribution in [0.3, 0.4) is 0 Å². The SMILES string of the molecule is O=C(CCc1cccc(F)c1)N1CCN(Cc2ccccc2)C[C@H](O)C1. The van der Waals surface area contributed by atoms with Crippen molar-refractivity contribution in [2.24, 2.45) is 0 Å². The fourth-order valence-electron chi connectivity index (χ4n) is 3.37. The second kappa shape index (κ2) is 8.92. The van der Waals surface area contributed by atoms with E-state index < -0.39 is 6.10 Å². The zero-order chi connectivity index (χ0) is 18.4. The van der Waals surface area contributed by atoms with Gasteiger partial charge < -0.3 is 10.0 Å². The molecule has 0 aromatic heterocycles. The zero-order valence-electron chi connectivity index (χ0n) is 14.9. The number of carbonyl (C=O) groups is 1. The average Bonchev–Trinajstić information content (AvgIpc) is 2.82. The maximum Gasteiger partial charge on any atom is 0.223 e. The molecule has 138 valence electrons. The summed E-state index contributed by atoms with van der Waals surface area (Å²) in [5.74, 6) is -0.272. The molecule has 3 rings (SSSR count). The summed E-state index contributed by atoms with van der Waals surface area (Å²) in [6.45, 7) is 3.02. The molecule has 2 aromatic carbocycles. The Hall–Kier alpha value is -2.24. The van der Waals surface area contributed by atoms with Gasteiger partial charge in [-0.15, -0.1) is 0 Å². The third-order valence-corrected chi connectivity index (χ3v) is 4.70. The molecule has 1 atom stereocenters. The van der Waals surface area contributed by atoms with Crippen LogP contribution in [0.15, 0.2) is 54.6 Å². The van der Waals surface area contributed by atoms with Crippen molar-refractivity contribution in [1.29, 1.82) is 0 Å². The van der Waals surface area contributed by atoms with Gasteiger partial charge in [-0.1, -0.05) is 42.5 Å². The maximum absolute atomic E-state index is 13.2. The highest BCUT2D eigenvalue weighted by atomic mass is 19.1.